The molecule has 2 fully saturated rings. The molecule has 1 amide bonds. The van der Waals surface area contributed by atoms with Gasteiger partial charge in [-0.25, -0.2) is 5.43 Å². The highest BCUT2D eigenvalue weighted by atomic mass is 79.9. The molecule has 5 rings (SSSR count). The van der Waals surface area contributed by atoms with Gasteiger partial charge in [-0.2, -0.15) is 5.10 Å². The molecule has 170 valence electrons. The lowest BCUT2D eigenvalue weighted by Gasteiger charge is -2.15. The molecule has 0 heterocycles. The molecule has 0 aromatic heterocycles. The highest BCUT2D eigenvalue weighted by molar-refractivity contribution is 9.11. The highest BCUT2D eigenvalue weighted by Crippen LogP contribution is 2.66. The van der Waals surface area contributed by atoms with Gasteiger partial charge >= 0.3 is 0 Å². The van der Waals surface area contributed by atoms with Crippen molar-refractivity contribution < 1.29 is 9.53 Å². The van der Waals surface area contributed by atoms with Gasteiger partial charge < -0.3 is 4.74 Å². The first-order valence-electron chi connectivity index (χ1n) is 11.4. The quantitative estimate of drug-likeness (QED) is 0.252. The lowest BCUT2D eigenvalue weighted by Crippen LogP contribution is -2.22. The number of carbonyl (C=O) groups excluding carboxylic acids is 1. The van der Waals surface area contributed by atoms with E-state index in [0.29, 0.717) is 12.5 Å². The predicted molar refractivity (Wildman–Crippen MR) is 139 cm³/mol. The number of rotatable bonds is 6. The Morgan fingerprint density at radius 3 is 2.67 bits per heavy atom. The fourth-order valence-electron chi connectivity index (χ4n) is 5.45. The molecule has 4 nitrogen and oxygen atoms in total. The van der Waals surface area contributed by atoms with Crippen molar-refractivity contribution in [3.63, 3.8) is 0 Å². The van der Waals surface area contributed by atoms with E-state index in [-0.39, 0.29) is 17.2 Å². The number of nitrogens with zero attached hydrogens (tertiary/aromatic N) is 1. The number of halogens is 2. The molecule has 3 aromatic rings. The lowest BCUT2D eigenvalue weighted by molar-refractivity contribution is -0.123. The first-order valence-corrected chi connectivity index (χ1v) is 13.0. The van der Waals surface area contributed by atoms with Crippen molar-refractivity contribution in [2.75, 3.05) is 0 Å². The summed E-state index contributed by atoms with van der Waals surface area (Å²) in [5.41, 5.74) is 4.95. The highest BCUT2D eigenvalue weighted by Gasteiger charge is 2.64. The molecule has 3 aromatic carbocycles. The van der Waals surface area contributed by atoms with Gasteiger partial charge in [0.2, 0.25) is 5.91 Å². The van der Waals surface area contributed by atoms with Crippen LogP contribution in [-0.2, 0) is 11.4 Å². The molecule has 3 atom stereocenters. The van der Waals surface area contributed by atoms with Crippen LogP contribution in [0.5, 0.6) is 5.75 Å². The second kappa shape index (κ2) is 9.22. The van der Waals surface area contributed by atoms with Crippen molar-refractivity contribution >= 4 is 54.8 Å². The minimum atomic E-state index is 0.0498. The third-order valence-electron chi connectivity index (χ3n) is 7.27. The first kappa shape index (κ1) is 22.6. The van der Waals surface area contributed by atoms with Gasteiger partial charge in [0.25, 0.3) is 0 Å². The maximum absolute atomic E-state index is 12.6. The molecule has 33 heavy (non-hydrogen) atoms. The summed E-state index contributed by atoms with van der Waals surface area (Å²) in [6, 6.07) is 18.4. The molecule has 2 saturated carbocycles. The Morgan fingerprint density at radius 1 is 1.15 bits per heavy atom. The first-order chi connectivity index (χ1) is 16.0. The summed E-state index contributed by atoms with van der Waals surface area (Å²) in [4.78, 5) is 12.6. The SMILES string of the molecule is C[C@@]12CCCC[C@@H]1[C@@H]2C(=O)N/N=C\c1cc(Br)c(OCc2cccc3ccccc23)c(Br)c1. The third kappa shape index (κ3) is 4.47. The number of nitrogens with one attached hydrogen (secondary N) is 1. The maximum Gasteiger partial charge on any atom is 0.244 e. The molecular weight excluding hydrogens is 544 g/mol. The van der Waals surface area contributed by atoms with E-state index >= 15 is 0 Å². The van der Waals surface area contributed by atoms with Crippen LogP contribution in [0.25, 0.3) is 10.8 Å². The van der Waals surface area contributed by atoms with Crippen LogP contribution in [0, 0.1) is 17.3 Å². The number of amides is 1. The van der Waals surface area contributed by atoms with Gasteiger partial charge in [-0.15, -0.1) is 0 Å². The second-order valence-corrected chi connectivity index (χ2v) is 11.0. The van der Waals surface area contributed by atoms with Crippen molar-refractivity contribution in [3.8, 4) is 5.75 Å². The van der Waals surface area contributed by atoms with Crippen molar-refractivity contribution in [2.45, 2.75) is 39.2 Å². The normalized spacial score (nSPS) is 24.0. The molecule has 0 spiro atoms. The van der Waals surface area contributed by atoms with Crippen LogP contribution in [0.3, 0.4) is 0 Å². The summed E-state index contributed by atoms with van der Waals surface area (Å²) in [6.07, 6.45) is 6.47. The van der Waals surface area contributed by atoms with Crippen LogP contribution in [0.4, 0.5) is 0 Å². The smallest absolute Gasteiger partial charge is 0.244 e. The Kier molecular flexibility index (Phi) is 6.32. The lowest BCUT2D eigenvalue weighted by atomic mass is 9.90. The molecule has 1 N–H and O–H groups in total. The molecule has 6 heteroatoms. The van der Waals surface area contributed by atoms with E-state index in [9.17, 15) is 4.79 Å². The topological polar surface area (TPSA) is 50.7 Å². The predicted octanol–water partition coefficient (Wildman–Crippen LogP) is 7.22. The maximum atomic E-state index is 12.6. The molecular formula is C27H26Br2N2O2. The molecule has 0 saturated heterocycles. The van der Waals surface area contributed by atoms with Crippen molar-refractivity contribution in [2.24, 2.45) is 22.4 Å². The molecule has 0 bridgehead atoms. The van der Waals surface area contributed by atoms with Crippen LogP contribution in [0.1, 0.15) is 43.7 Å². The van der Waals surface area contributed by atoms with Gasteiger partial charge in [-0.05, 0) is 90.1 Å². The Balaban J connectivity index is 1.23. The monoisotopic (exact) mass is 568 g/mol. The number of hydrogen-bond donors (Lipinski definition) is 1. The van der Waals surface area contributed by atoms with Crippen molar-refractivity contribution in [1.82, 2.24) is 5.43 Å². The number of carbonyl (C=O) groups is 1. The average Bonchev–Trinajstić information content (AvgIpc) is 3.44. The van der Waals surface area contributed by atoms with Gasteiger partial charge in [0, 0.05) is 5.92 Å². The van der Waals surface area contributed by atoms with E-state index in [1.807, 2.05) is 24.3 Å². The van der Waals surface area contributed by atoms with E-state index in [4.69, 9.17) is 4.74 Å². The fourth-order valence-corrected chi connectivity index (χ4v) is 6.90. The van der Waals surface area contributed by atoms with Crippen LogP contribution < -0.4 is 10.2 Å². The van der Waals surface area contributed by atoms with E-state index in [2.05, 4.69) is 79.6 Å². The zero-order chi connectivity index (χ0) is 23.0. The summed E-state index contributed by atoms with van der Waals surface area (Å²) >= 11 is 7.24. The van der Waals surface area contributed by atoms with E-state index in [0.717, 1.165) is 32.2 Å². The Labute approximate surface area is 211 Å². The van der Waals surface area contributed by atoms with Gasteiger partial charge in [-0.1, -0.05) is 62.2 Å². The van der Waals surface area contributed by atoms with Crippen LogP contribution >= 0.6 is 31.9 Å². The number of fused-ring (bicyclic) bond motifs is 2. The summed E-state index contributed by atoms with van der Waals surface area (Å²) in [5, 5.41) is 6.61. The number of ether oxygens (including phenoxy) is 1. The summed E-state index contributed by atoms with van der Waals surface area (Å²) < 4.78 is 7.81. The fraction of sp³-hybridized carbons (Fsp3) is 0.333. The molecule has 0 unspecified atom stereocenters. The van der Waals surface area contributed by atoms with Crippen LogP contribution in [-0.4, -0.2) is 12.1 Å². The number of hydrazone groups is 1. The summed E-state index contributed by atoms with van der Waals surface area (Å²) in [5.74, 6) is 1.43. The van der Waals surface area contributed by atoms with Crippen molar-refractivity contribution in [1.29, 1.82) is 0 Å². The zero-order valence-corrected chi connectivity index (χ0v) is 21.7. The van der Waals surface area contributed by atoms with Gasteiger partial charge in [0.1, 0.15) is 12.4 Å². The van der Waals surface area contributed by atoms with Crippen LogP contribution in [0.15, 0.2) is 68.6 Å². The largest absolute Gasteiger partial charge is 0.487 e. The molecule has 2 aliphatic carbocycles. The number of hydrogen-bond acceptors (Lipinski definition) is 3. The summed E-state index contributed by atoms with van der Waals surface area (Å²) in [6.45, 7) is 2.71. The molecule has 0 aliphatic heterocycles. The number of benzene rings is 3. The van der Waals surface area contributed by atoms with E-state index in [1.165, 1.54) is 30.0 Å². The summed E-state index contributed by atoms with van der Waals surface area (Å²) in [7, 11) is 0. The Hall–Kier alpha value is -2.18. The standard InChI is InChI=1S/C27H26Br2N2O2/c1-27-12-5-4-11-21(27)24(27)26(32)31-30-15-17-13-22(28)25(23(29)14-17)33-16-19-9-6-8-18-7-2-3-10-20(18)19/h2-3,6-10,13-15,21,24H,4-5,11-12,16H2,1H3,(H,31,32)/b30-15-/t21-,24-,27-/m1/s1. The van der Waals surface area contributed by atoms with Gasteiger partial charge in [-0.3, -0.25) is 4.79 Å². The van der Waals surface area contributed by atoms with Gasteiger partial charge in [0.05, 0.1) is 15.2 Å². The average molecular weight is 570 g/mol. The molecule has 0 radical (unpaired) electrons. The molecule has 2 aliphatic rings. The zero-order valence-electron chi connectivity index (χ0n) is 18.5. The Bertz CT molecular complexity index is 1210. The minimum absolute atomic E-state index is 0.0498. The van der Waals surface area contributed by atoms with Gasteiger partial charge in [0.15, 0.2) is 0 Å². The van der Waals surface area contributed by atoms with E-state index < -0.39 is 0 Å². The Morgan fingerprint density at radius 2 is 1.91 bits per heavy atom. The minimum Gasteiger partial charge on any atom is -0.487 e. The second-order valence-electron chi connectivity index (χ2n) is 9.31. The van der Waals surface area contributed by atoms with E-state index in [1.54, 1.807) is 6.21 Å². The third-order valence-corrected chi connectivity index (χ3v) is 8.45. The van der Waals surface area contributed by atoms with Crippen LogP contribution in [0.2, 0.25) is 0 Å². The van der Waals surface area contributed by atoms with Crippen molar-refractivity contribution in [3.05, 3.63) is 74.7 Å².